The van der Waals surface area contributed by atoms with Gasteiger partial charge in [0.1, 0.15) is 5.60 Å². The molecule has 0 aliphatic carbocycles. The molecule has 126 valence electrons. The normalized spacial score (nSPS) is 21.8. The van der Waals surface area contributed by atoms with E-state index in [0.29, 0.717) is 25.2 Å². The second-order valence-corrected chi connectivity index (χ2v) is 6.94. The van der Waals surface area contributed by atoms with Crippen molar-refractivity contribution >= 4 is 17.7 Å². The van der Waals surface area contributed by atoms with Crippen molar-refractivity contribution in [1.82, 2.24) is 4.90 Å². The van der Waals surface area contributed by atoms with E-state index in [0.717, 1.165) is 5.56 Å². The number of piperidine rings is 1. The topological polar surface area (TPSA) is 92.9 Å². The Labute approximate surface area is 136 Å². The highest BCUT2D eigenvalue weighted by Crippen LogP contribution is 2.34. The number of anilines is 1. The summed E-state index contributed by atoms with van der Waals surface area (Å²) in [7, 11) is 0. The number of hydrogen-bond acceptors (Lipinski definition) is 4. The van der Waals surface area contributed by atoms with Crippen LogP contribution in [0.4, 0.5) is 10.5 Å². The average molecular weight is 320 g/mol. The van der Waals surface area contributed by atoms with Gasteiger partial charge in [-0.3, -0.25) is 4.79 Å². The summed E-state index contributed by atoms with van der Waals surface area (Å²) >= 11 is 0. The molecule has 3 N–H and O–H groups in total. The van der Waals surface area contributed by atoms with E-state index in [1.54, 1.807) is 23.1 Å². The van der Waals surface area contributed by atoms with Crippen molar-refractivity contribution < 1.29 is 19.4 Å². The molecular weight excluding hydrogens is 296 g/mol. The summed E-state index contributed by atoms with van der Waals surface area (Å²) in [5, 5.41) is 9.48. The minimum Gasteiger partial charge on any atom is -0.481 e. The number of rotatable bonds is 2. The van der Waals surface area contributed by atoms with Gasteiger partial charge in [-0.1, -0.05) is 12.1 Å². The van der Waals surface area contributed by atoms with Crippen LogP contribution in [0, 0.1) is 5.92 Å². The Balaban J connectivity index is 2.21. The first-order valence-electron chi connectivity index (χ1n) is 7.73. The Morgan fingerprint density at radius 2 is 2.04 bits per heavy atom. The first kappa shape index (κ1) is 17.1. The fourth-order valence-electron chi connectivity index (χ4n) is 2.87. The van der Waals surface area contributed by atoms with Crippen LogP contribution in [0.5, 0.6) is 0 Å². The maximum Gasteiger partial charge on any atom is 0.410 e. The molecule has 6 heteroatoms. The monoisotopic (exact) mass is 320 g/mol. The van der Waals surface area contributed by atoms with Crippen LogP contribution in [0.15, 0.2) is 24.3 Å². The number of ether oxygens (including phenoxy) is 1. The average Bonchev–Trinajstić information content (AvgIpc) is 2.44. The molecule has 1 aromatic carbocycles. The van der Waals surface area contributed by atoms with Crippen molar-refractivity contribution in [2.45, 2.75) is 38.7 Å². The molecule has 1 heterocycles. The number of nitrogen functional groups attached to an aromatic ring is 1. The predicted molar refractivity (Wildman–Crippen MR) is 87.1 cm³/mol. The summed E-state index contributed by atoms with van der Waals surface area (Å²) in [5.41, 5.74) is 6.66. The van der Waals surface area contributed by atoms with E-state index in [2.05, 4.69) is 0 Å². The molecule has 0 radical (unpaired) electrons. The molecule has 0 spiro atoms. The SMILES string of the molecule is CC(C)(C)OC(=O)N1CC[C@@H](C(=O)O)[C@H](c2cccc(N)c2)C1. The number of nitrogens with zero attached hydrogens (tertiary/aromatic N) is 1. The number of likely N-dealkylation sites (tertiary alicyclic amines) is 1. The molecule has 2 rings (SSSR count). The molecule has 1 amide bonds. The van der Waals surface area contributed by atoms with Crippen molar-refractivity contribution in [1.29, 1.82) is 0 Å². The molecule has 2 atom stereocenters. The molecule has 1 aliphatic rings. The number of carbonyl (C=O) groups excluding carboxylic acids is 1. The van der Waals surface area contributed by atoms with E-state index in [9.17, 15) is 14.7 Å². The lowest BCUT2D eigenvalue weighted by molar-refractivity contribution is -0.144. The van der Waals surface area contributed by atoms with Crippen molar-refractivity contribution in [3.63, 3.8) is 0 Å². The lowest BCUT2D eigenvalue weighted by Gasteiger charge is -2.37. The Morgan fingerprint density at radius 1 is 1.35 bits per heavy atom. The molecule has 1 fully saturated rings. The fraction of sp³-hybridized carbons (Fsp3) is 0.529. The van der Waals surface area contributed by atoms with Crippen molar-refractivity contribution in [2.75, 3.05) is 18.8 Å². The number of carboxylic acid groups (broad SMARTS) is 1. The number of nitrogens with two attached hydrogens (primary N) is 1. The largest absolute Gasteiger partial charge is 0.481 e. The van der Waals surface area contributed by atoms with E-state index < -0.39 is 23.6 Å². The van der Waals surface area contributed by atoms with Gasteiger partial charge in [0.05, 0.1) is 5.92 Å². The predicted octanol–water partition coefficient (Wildman–Crippen LogP) is 2.69. The third kappa shape index (κ3) is 4.37. The number of hydrogen-bond donors (Lipinski definition) is 2. The quantitative estimate of drug-likeness (QED) is 0.817. The lowest BCUT2D eigenvalue weighted by Crippen LogP contribution is -2.46. The van der Waals surface area contributed by atoms with Crippen LogP contribution in [-0.4, -0.2) is 40.8 Å². The number of amides is 1. The van der Waals surface area contributed by atoms with Crippen LogP contribution in [-0.2, 0) is 9.53 Å². The first-order valence-corrected chi connectivity index (χ1v) is 7.73. The smallest absolute Gasteiger partial charge is 0.410 e. The van der Waals surface area contributed by atoms with Crippen molar-refractivity contribution in [2.24, 2.45) is 5.92 Å². The molecule has 0 bridgehead atoms. The second-order valence-electron chi connectivity index (χ2n) is 6.94. The highest BCUT2D eigenvalue weighted by atomic mass is 16.6. The fourth-order valence-corrected chi connectivity index (χ4v) is 2.87. The minimum atomic E-state index is -0.846. The van der Waals surface area contributed by atoms with E-state index in [1.807, 2.05) is 26.8 Å². The first-order chi connectivity index (χ1) is 10.7. The summed E-state index contributed by atoms with van der Waals surface area (Å²) in [4.78, 5) is 25.4. The molecule has 6 nitrogen and oxygen atoms in total. The molecule has 1 saturated heterocycles. The highest BCUT2D eigenvalue weighted by molar-refractivity contribution is 5.73. The maximum absolute atomic E-state index is 12.3. The van der Waals surface area contributed by atoms with Crippen LogP contribution in [0.25, 0.3) is 0 Å². The number of benzene rings is 1. The molecule has 23 heavy (non-hydrogen) atoms. The minimum absolute atomic E-state index is 0.294. The molecule has 1 aromatic rings. The number of aliphatic carboxylic acids is 1. The van der Waals surface area contributed by atoms with Crippen molar-refractivity contribution in [3.8, 4) is 0 Å². The summed E-state index contributed by atoms with van der Waals surface area (Å²) in [6.07, 6.45) is -0.0103. The Bertz CT molecular complexity index is 595. The molecule has 0 aromatic heterocycles. The van der Waals surface area contributed by atoms with E-state index in [4.69, 9.17) is 10.5 Å². The van der Waals surface area contributed by atoms with Crippen molar-refractivity contribution in [3.05, 3.63) is 29.8 Å². The molecule has 0 unspecified atom stereocenters. The van der Waals surface area contributed by atoms with Gasteiger partial charge in [-0.2, -0.15) is 0 Å². The van der Waals surface area contributed by atoms with E-state index in [-0.39, 0.29) is 5.92 Å². The second kappa shape index (κ2) is 6.48. The summed E-state index contributed by atoms with van der Waals surface area (Å²) < 4.78 is 5.40. The van der Waals surface area contributed by atoms with E-state index in [1.165, 1.54) is 0 Å². The third-order valence-corrected chi connectivity index (χ3v) is 3.92. The zero-order valence-corrected chi connectivity index (χ0v) is 13.8. The van der Waals surface area contributed by atoms with Crippen LogP contribution in [0.3, 0.4) is 0 Å². The highest BCUT2D eigenvalue weighted by Gasteiger charge is 2.38. The zero-order valence-electron chi connectivity index (χ0n) is 13.8. The molecule has 0 saturated carbocycles. The van der Waals surface area contributed by atoms with Gasteiger partial charge in [0, 0.05) is 24.7 Å². The van der Waals surface area contributed by atoms with Gasteiger partial charge in [-0.15, -0.1) is 0 Å². The third-order valence-electron chi connectivity index (χ3n) is 3.92. The van der Waals surface area contributed by atoms with Crippen LogP contribution < -0.4 is 5.73 Å². The van der Waals surface area contributed by atoms with Gasteiger partial charge in [0.25, 0.3) is 0 Å². The summed E-state index contributed by atoms with van der Waals surface area (Å²) in [6, 6.07) is 7.19. The standard InChI is InChI=1S/C17H24N2O4/c1-17(2,3)23-16(22)19-8-7-13(15(20)21)14(10-19)11-5-4-6-12(18)9-11/h4-6,9,13-14H,7-8,10,18H2,1-3H3,(H,20,21)/t13-,14+/m1/s1. The van der Waals surface area contributed by atoms with Crippen LogP contribution in [0.2, 0.25) is 0 Å². The number of carbonyl (C=O) groups is 2. The number of carboxylic acids is 1. The Hall–Kier alpha value is -2.24. The maximum atomic E-state index is 12.3. The molecule has 1 aliphatic heterocycles. The van der Waals surface area contributed by atoms with Gasteiger partial charge in [-0.05, 0) is 44.9 Å². The summed E-state index contributed by atoms with van der Waals surface area (Å²) in [5.74, 6) is -1.67. The van der Waals surface area contributed by atoms with Gasteiger partial charge in [0.2, 0.25) is 0 Å². The Morgan fingerprint density at radius 3 is 2.61 bits per heavy atom. The summed E-state index contributed by atoms with van der Waals surface area (Å²) in [6.45, 7) is 6.12. The zero-order chi connectivity index (χ0) is 17.2. The molecular formula is C17H24N2O4. The van der Waals surface area contributed by atoms with Gasteiger partial charge in [-0.25, -0.2) is 4.79 Å². The Kier molecular flexibility index (Phi) is 4.82. The van der Waals surface area contributed by atoms with Crippen LogP contribution >= 0.6 is 0 Å². The van der Waals surface area contributed by atoms with Gasteiger partial charge in [0.15, 0.2) is 0 Å². The van der Waals surface area contributed by atoms with Gasteiger partial charge >= 0.3 is 12.1 Å². The van der Waals surface area contributed by atoms with Crippen LogP contribution in [0.1, 0.15) is 38.7 Å². The lowest BCUT2D eigenvalue weighted by atomic mass is 9.80. The van der Waals surface area contributed by atoms with Gasteiger partial charge < -0.3 is 20.5 Å². The van der Waals surface area contributed by atoms with E-state index >= 15 is 0 Å².